The summed E-state index contributed by atoms with van der Waals surface area (Å²) >= 11 is 0. The van der Waals surface area contributed by atoms with Crippen molar-refractivity contribution in [3.8, 4) is 17.2 Å². The maximum atomic E-state index is 14.0. The number of rotatable bonds is 8. The van der Waals surface area contributed by atoms with Crippen LogP contribution in [0.1, 0.15) is 75.8 Å². The summed E-state index contributed by atoms with van der Waals surface area (Å²) in [7, 11) is -0.858. The number of amides is 1. The summed E-state index contributed by atoms with van der Waals surface area (Å²) in [5.41, 5.74) is 4.13. The molecule has 0 aliphatic carbocycles. The van der Waals surface area contributed by atoms with Crippen molar-refractivity contribution in [2.45, 2.75) is 76.8 Å². The summed E-state index contributed by atoms with van der Waals surface area (Å²) in [5.74, 6) is 1.53. The molecule has 0 saturated carbocycles. The molecule has 2 atom stereocenters. The Morgan fingerprint density at radius 1 is 0.976 bits per heavy atom. The SMILES string of the molecule is COc1ccc(S(=O)(=O)N2C[C@@H](C(=O)N[C@H](C)c3cc(C(C)C)c(OC)cc3C)Oc3ccc(C(C)(C)C)cc32)cc1. The van der Waals surface area contributed by atoms with E-state index in [-0.39, 0.29) is 28.8 Å². The highest BCUT2D eigenvalue weighted by Gasteiger charge is 2.39. The number of nitrogens with one attached hydrogen (secondary N) is 1. The van der Waals surface area contributed by atoms with E-state index in [1.165, 1.54) is 23.5 Å². The van der Waals surface area contributed by atoms with Gasteiger partial charge >= 0.3 is 0 Å². The molecule has 0 radical (unpaired) electrons. The Kier molecular flexibility index (Phi) is 8.83. The summed E-state index contributed by atoms with van der Waals surface area (Å²) in [6.45, 7) is 14.1. The molecule has 1 aliphatic heterocycles. The highest BCUT2D eigenvalue weighted by molar-refractivity contribution is 7.92. The summed E-state index contributed by atoms with van der Waals surface area (Å²) in [6.07, 6.45) is -1.06. The van der Waals surface area contributed by atoms with E-state index in [0.29, 0.717) is 17.2 Å². The number of fused-ring (bicyclic) bond motifs is 1. The topological polar surface area (TPSA) is 94.2 Å². The van der Waals surface area contributed by atoms with Crippen LogP contribution in [-0.4, -0.2) is 41.2 Å². The van der Waals surface area contributed by atoms with Gasteiger partial charge in [0, 0.05) is 0 Å². The average Bonchev–Trinajstić information content (AvgIpc) is 2.95. The van der Waals surface area contributed by atoms with Crippen LogP contribution in [0.15, 0.2) is 59.5 Å². The van der Waals surface area contributed by atoms with Crippen molar-refractivity contribution in [2.75, 3.05) is 25.1 Å². The molecule has 1 heterocycles. The minimum absolute atomic E-state index is 0.0971. The number of anilines is 1. The molecule has 0 aromatic heterocycles. The maximum absolute atomic E-state index is 14.0. The molecule has 0 unspecified atom stereocenters. The Balaban J connectivity index is 1.69. The van der Waals surface area contributed by atoms with Gasteiger partial charge in [0.2, 0.25) is 0 Å². The number of aryl methyl sites for hydroxylation is 1. The molecule has 0 saturated heterocycles. The van der Waals surface area contributed by atoms with E-state index in [0.717, 1.165) is 28.0 Å². The van der Waals surface area contributed by atoms with E-state index < -0.39 is 22.0 Å². The average molecular weight is 595 g/mol. The molecule has 42 heavy (non-hydrogen) atoms. The lowest BCUT2D eigenvalue weighted by Crippen LogP contribution is -2.51. The van der Waals surface area contributed by atoms with Gasteiger partial charge in [-0.15, -0.1) is 0 Å². The third-order valence-electron chi connectivity index (χ3n) is 7.70. The van der Waals surface area contributed by atoms with Gasteiger partial charge in [-0.25, -0.2) is 8.42 Å². The summed E-state index contributed by atoms with van der Waals surface area (Å²) < 4.78 is 46.3. The van der Waals surface area contributed by atoms with E-state index in [1.807, 2.05) is 32.0 Å². The Labute approximate surface area is 250 Å². The van der Waals surface area contributed by atoms with Gasteiger partial charge in [0.1, 0.15) is 17.2 Å². The first-order valence-electron chi connectivity index (χ1n) is 14.1. The summed E-state index contributed by atoms with van der Waals surface area (Å²) in [6, 6.07) is 15.4. The zero-order chi connectivity index (χ0) is 31.0. The van der Waals surface area contributed by atoms with Gasteiger partial charge < -0.3 is 19.5 Å². The number of hydrogen-bond acceptors (Lipinski definition) is 6. The number of ether oxygens (including phenoxy) is 3. The summed E-state index contributed by atoms with van der Waals surface area (Å²) in [5, 5.41) is 3.06. The van der Waals surface area contributed by atoms with Crippen LogP contribution in [0.4, 0.5) is 5.69 Å². The second-order valence-electron chi connectivity index (χ2n) is 12.1. The second kappa shape index (κ2) is 11.9. The number of hydrogen-bond donors (Lipinski definition) is 1. The van der Waals surface area contributed by atoms with E-state index in [2.05, 4.69) is 46.0 Å². The lowest BCUT2D eigenvalue weighted by Gasteiger charge is -2.36. The number of methoxy groups -OCH3 is 2. The predicted molar refractivity (Wildman–Crippen MR) is 165 cm³/mol. The molecule has 0 bridgehead atoms. The van der Waals surface area contributed by atoms with Crippen molar-refractivity contribution in [1.29, 1.82) is 0 Å². The van der Waals surface area contributed by atoms with Gasteiger partial charge in [0.25, 0.3) is 15.9 Å². The van der Waals surface area contributed by atoms with Gasteiger partial charge in [-0.05, 0) is 96.0 Å². The Bertz CT molecular complexity index is 1560. The highest BCUT2D eigenvalue weighted by Crippen LogP contribution is 2.40. The van der Waals surface area contributed by atoms with Crippen molar-refractivity contribution in [2.24, 2.45) is 0 Å². The van der Waals surface area contributed by atoms with Crippen molar-refractivity contribution in [3.63, 3.8) is 0 Å². The van der Waals surface area contributed by atoms with Crippen LogP contribution in [0.2, 0.25) is 0 Å². The van der Waals surface area contributed by atoms with E-state index in [4.69, 9.17) is 14.2 Å². The molecule has 9 heteroatoms. The van der Waals surface area contributed by atoms with Gasteiger partial charge in [-0.2, -0.15) is 0 Å². The minimum Gasteiger partial charge on any atom is -0.497 e. The van der Waals surface area contributed by atoms with Crippen LogP contribution in [-0.2, 0) is 20.2 Å². The molecule has 1 N–H and O–H groups in total. The monoisotopic (exact) mass is 594 g/mol. The van der Waals surface area contributed by atoms with Crippen LogP contribution < -0.4 is 23.8 Å². The predicted octanol–water partition coefficient (Wildman–Crippen LogP) is 6.27. The molecule has 4 rings (SSSR count). The van der Waals surface area contributed by atoms with E-state index >= 15 is 0 Å². The molecule has 1 amide bonds. The zero-order valence-corrected chi connectivity index (χ0v) is 26.8. The lowest BCUT2D eigenvalue weighted by atomic mass is 9.86. The van der Waals surface area contributed by atoms with Crippen molar-refractivity contribution < 1.29 is 27.4 Å². The first-order chi connectivity index (χ1) is 19.7. The molecule has 1 aliphatic rings. The molecule has 0 fully saturated rings. The largest absolute Gasteiger partial charge is 0.497 e. The Hall–Kier alpha value is -3.72. The number of sulfonamides is 1. The van der Waals surface area contributed by atoms with E-state index in [1.54, 1.807) is 25.3 Å². The molecule has 3 aromatic rings. The fourth-order valence-electron chi connectivity index (χ4n) is 5.15. The first-order valence-corrected chi connectivity index (χ1v) is 15.6. The van der Waals surface area contributed by atoms with Crippen LogP contribution in [0.25, 0.3) is 0 Å². The lowest BCUT2D eigenvalue weighted by molar-refractivity contribution is -0.128. The number of carbonyl (C=O) groups is 1. The minimum atomic E-state index is -4.04. The summed E-state index contributed by atoms with van der Waals surface area (Å²) in [4.78, 5) is 13.8. The van der Waals surface area contributed by atoms with Crippen LogP contribution in [0.5, 0.6) is 17.2 Å². The van der Waals surface area contributed by atoms with Crippen molar-refractivity contribution >= 4 is 21.6 Å². The number of benzene rings is 3. The van der Waals surface area contributed by atoms with Gasteiger partial charge in [-0.1, -0.05) is 40.7 Å². The fourth-order valence-corrected chi connectivity index (χ4v) is 6.62. The van der Waals surface area contributed by atoms with Crippen molar-refractivity contribution in [3.05, 3.63) is 76.9 Å². The number of carbonyl (C=O) groups excluding carboxylic acids is 1. The molecule has 3 aromatic carbocycles. The normalized spacial score (nSPS) is 16.0. The van der Waals surface area contributed by atoms with Crippen LogP contribution in [0, 0.1) is 6.92 Å². The van der Waals surface area contributed by atoms with Gasteiger partial charge in [-0.3, -0.25) is 9.10 Å². The van der Waals surface area contributed by atoms with Crippen LogP contribution in [0.3, 0.4) is 0 Å². The third-order valence-corrected chi connectivity index (χ3v) is 9.49. The smallest absolute Gasteiger partial charge is 0.264 e. The quantitative estimate of drug-likeness (QED) is 0.331. The highest BCUT2D eigenvalue weighted by atomic mass is 32.2. The third kappa shape index (κ3) is 6.21. The van der Waals surface area contributed by atoms with E-state index in [9.17, 15) is 13.2 Å². The molecular formula is C33H42N2O6S. The van der Waals surface area contributed by atoms with Gasteiger partial charge in [0.15, 0.2) is 6.10 Å². The molecule has 0 spiro atoms. The van der Waals surface area contributed by atoms with Crippen LogP contribution >= 0.6 is 0 Å². The maximum Gasteiger partial charge on any atom is 0.264 e. The molecule has 8 nitrogen and oxygen atoms in total. The fraction of sp³-hybridized carbons (Fsp3) is 0.424. The first kappa shape index (κ1) is 31.2. The van der Waals surface area contributed by atoms with Crippen molar-refractivity contribution in [1.82, 2.24) is 5.32 Å². The Morgan fingerprint density at radius 3 is 2.21 bits per heavy atom. The van der Waals surface area contributed by atoms with Gasteiger partial charge in [0.05, 0.1) is 37.4 Å². The second-order valence-corrected chi connectivity index (χ2v) is 13.9. The molecule has 226 valence electrons. The Morgan fingerprint density at radius 2 is 1.64 bits per heavy atom. The zero-order valence-electron chi connectivity index (χ0n) is 25.9. The standard InChI is InChI=1S/C33H42N2O6S/c1-20(2)26-18-27(21(3)16-30(26)40-9)22(4)34-32(36)31-19-35(42(37,38)25-13-11-24(39-8)12-14-25)28-17-23(33(5,6)7)10-15-29(28)41-31/h10-18,20,22,31H,19H2,1-9H3,(H,34,36)/t22-,31+/m1/s1. The number of nitrogens with zero attached hydrogens (tertiary/aromatic N) is 1. The molecular weight excluding hydrogens is 552 g/mol.